The van der Waals surface area contributed by atoms with Crippen molar-refractivity contribution >= 4 is 48.7 Å². The van der Waals surface area contributed by atoms with Crippen LogP contribution in [0.4, 0.5) is 0 Å². The van der Waals surface area contributed by atoms with Crippen LogP contribution in [0.2, 0.25) is 0 Å². The van der Waals surface area contributed by atoms with E-state index in [9.17, 15) is 8.42 Å². The van der Waals surface area contributed by atoms with Crippen molar-refractivity contribution < 1.29 is 8.42 Å². The second-order valence-electron chi connectivity index (χ2n) is 3.49. The maximum absolute atomic E-state index is 11.3. The molecule has 0 aliphatic heterocycles. The fourth-order valence-electron chi connectivity index (χ4n) is 1.07. The first kappa shape index (κ1) is 13.5. The Morgan fingerprint density at radius 3 is 2.40 bits per heavy atom. The molecule has 1 aromatic heterocycles. The fourth-order valence-corrected chi connectivity index (χ4v) is 4.13. The number of halogens is 2. The number of rotatable bonds is 3. The Kier molecular flexibility index (Phi) is 4.26. The van der Waals surface area contributed by atoms with E-state index in [1.165, 1.54) is 17.6 Å². The molecule has 0 saturated carbocycles. The molecule has 1 aromatic rings. The summed E-state index contributed by atoms with van der Waals surface area (Å²) in [5, 5.41) is -1.04. The highest BCUT2D eigenvalue weighted by atomic mass is 79.9. The maximum atomic E-state index is 11.3. The van der Waals surface area contributed by atoms with Gasteiger partial charge in [-0.2, -0.15) is 0 Å². The van der Waals surface area contributed by atoms with Crippen molar-refractivity contribution in [2.24, 2.45) is 0 Å². The first-order valence-corrected chi connectivity index (χ1v) is 8.32. The smallest absolute Gasteiger partial charge is 0.151 e. The third kappa shape index (κ3) is 3.19. The third-order valence-corrected chi connectivity index (χ3v) is 6.97. The number of sulfone groups is 1. The fraction of sp³-hybridized carbons (Fsp3) is 0.556. The molecule has 86 valence electrons. The van der Waals surface area contributed by atoms with Crippen molar-refractivity contribution in [3.63, 3.8) is 0 Å². The lowest BCUT2D eigenvalue weighted by Gasteiger charge is -2.14. The average Bonchev–Trinajstić information content (AvgIpc) is 2.43. The van der Waals surface area contributed by atoms with E-state index >= 15 is 0 Å². The first-order valence-electron chi connectivity index (χ1n) is 4.32. The number of thiophene rings is 1. The van der Waals surface area contributed by atoms with Crippen molar-refractivity contribution in [3.8, 4) is 0 Å². The maximum Gasteiger partial charge on any atom is 0.151 e. The highest BCUT2D eigenvalue weighted by Gasteiger charge is 2.27. The molecule has 0 saturated heterocycles. The summed E-state index contributed by atoms with van der Waals surface area (Å²) in [5.41, 5.74) is 0. The first-order chi connectivity index (χ1) is 6.73. The Balaban J connectivity index is 3.00. The molecule has 0 fully saturated rings. The highest BCUT2D eigenvalue weighted by Crippen LogP contribution is 2.37. The van der Waals surface area contributed by atoms with Crippen molar-refractivity contribution in [3.05, 3.63) is 20.3 Å². The molecule has 2 unspecified atom stereocenters. The van der Waals surface area contributed by atoms with E-state index in [2.05, 4.69) is 15.9 Å². The zero-order chi connectivity index (χ0) is 11.8. The van der Waals surface area contributed by atoms with E-state index in [4.69, 9.17) is 11.6 Å². The number of alkyl halides is 1. The highest BCUT2D eigenvalue weighted by molar-refractivity contribution is 9.10. The summed E-state index contributed by atoms with van der Waals surface area (Å²) >= 11 is 11.0. The molecule has 0 bridgehead atoms. The Hall–Kier alpha value is 0.420. The van der Waals surface area contributed by atoms with Gasteiger partial charge in [-0.05, 0) is 35.8 Å². The molecule has 1 heterocycles. The van der Waals surface area contributed by atoms with Crippen LogP contribution in [-0.4, -0.2) is 19.9 Å². The van der Waals surface area contributed by atoms with E-state index in [-0.39, 0.29) is 0 Å². The van der Waals surface area contributed by atoms with Gasteiger partial charge < -0.3 is 0 Å². The lowest BCUT2D eigenvalue weighted by molar-refractivity contribution is 0.587. The molecule has 0 aromatic carbocycles. The summed E-state index contributed by atoms with van der Waals surface area (Å²) in [6, 6.07) is 1.89. The van der Waals surface area contributed by atoms with Crippen molar-refractivity contribution in [2.45, 2.75) is 24.5 Å². The molecular formula is C9H12BrClO2S2. The van der Waals surface area contributed by atoms with Crippen LogP contribution in [-0.2, 0) is 9.84 Å². The lowest BCUT2D eigenvalue weighted by atomic mass is 10.3. The van der Waals surface area contributed by atoms with Gasteiger partial charge in [0.25, 0.3) is 0 Å². The molecule has 0 aliphatic carbocycles. The summed E-state index contributed by atoms with van der Waals surface area (Å²) in [5.74, 6) is 0. The summed E-state index contributed by atoms with van der Waals surface area (Å²) in [4.78, 5) is 2.00. The molecule has 0 amide bonds. The van der Waals surface area contributed by atoms with Crippen LogP contribution in [0.15, 0.2) is 10.5 Å². The van der Waals surface area contributed by atoms with Gasteiger partial charge in [0.15, 0.2) is 9.84 Å². The number of hydrogen-bond donors (Lipinski definition) is 0. The molecule has 0 spiro atoms. The topological polar surface area (TPSA) is 34.1 Å². The Bertz CT molecular complexity index is 433. The van der Waals surface area contributed by atoms with Gasteiger partial charge in [-0.1, -0.05) is 0 Å². The summed E-state index contributed by atoms with van der Waals surface area (Å²) in [6.45, 7) is 3.60. The van der Waals surface area contributed by atoms with Gasteiger partial charge in [0, 0.05) is 20.5 Å². The van der Waals surface area contributed by atoms with Crippen LogP contribution in [0.25, 0.3) is 0 Å². The van der Waals surface area contributed by atoms with Crippen molar-refractivity contribution in [2.75, 3.05) is 6.26 Å². The quantitative estimate of drug-likeness (QED) is 0.794. The minimum Gasteiger partial charge on any atom is -0.229 e. The van der Waals surface area contributed by atoms with Crippen LogP contribution in [0.3, 0.4) is 0 Å². The minimum absolute atomic E-state index is 0.477. The van der Waals surface area contributed by atoms with Gasteiger partial charge in [0.05, 0.1) is 10.6 Å². The zero-order valence-corrected chi connectivity index (χ0v) is 12.6. The lowest BCUT2D eigenvalue weighted by Crippen LogP contribution is -2.20. The van der Waals surface area contributed by atoms with E-state index in [0.717, 1.165) is 14.2 Å². The molecule has 15 heavy (non-hydrogen) atoms. The average molecular weight is 332 g/mol. The van der Waals surface area contributed by atoms with Gasteiger partial charge >= 0.3 is 0 Å². The molecule has 2 nitrogen and oxygen atoms in total. The van der Waals surface area contributed by atoms with Gasteiger partial charge in [0.1, 0.15) is 0 Å². The molecule has 2 atom stereocenters. The van der Waals surface area contributed by atoms with Crippen LogP contribution >= 0.6 is 38.9 Å². The van der Waals surface area contributed by atoms with E-state index < -0.39 is 20.5 Å². The van der Waals surface area contributed by atoms with Crippen LogP contribution in [0, 0.1) is 6.92 Å². The predicted molar refractivity (Wildman–Crippen MR) is 69.7 cm³/mol. The molecule has 0 N–H and O–H groups in total. The second kappa shape index (κ2) is 4.73. The number of hydrogen-bond acceptors (Lipinski definition) is 3. The van der Waals surface area contributed by atoms with Crippen molar-refractivity contribution in [1.29, 1.82) is 0 Å². The zero-order valence-electron chi connectivity index (χ0n) is 8.62. The van der Waals surface area contributed by atoms with E-state index in [1.54, 1.807) is 6.92 Å². The van der Waals surface area contributed by atoms with Gasteiger partial charge in [-0.3, -0.25) is 0 Å². The van der Waals surface area contributed by atoms with Gasteiger partial charge in [-0.15, -0.1) is 22.9 Å². The molecule has 0 aliphatic rings. The van der Waals surface area contributed by atoms with Gasteiger partial charge in [-0.25, -0.2) is 8.42 Å². The largest absolute Gasteiger partial charge is 0.229 e. The molecule has 6 heteroatoms. The van der Waals surface area contributed by atoms with Gasteiger partial charge in [0.2, 0.25) is 0 Å². The third-order valence-electron chi connectivity index (χ3n) is 2.24. The van der Waals surface area contributed by atoms with Crippen LogP contribution < -0.4 is 0 Å². The van der Waals surface area contributed by atoms with Crippen LogP contribution in [0.1, 0.15) is 22.1 Å². The Morgan fingerprint density at radius 2 is 2.07 bits per heavy atom. The van der Waals surface area contributed by atoms with Crippen LogP contribution in [0.5, 0.6) is 0 Å². The summed E-state index contributed by atoms with van der Waals surface area (Å²) in [7, 11) is -3.09. The SMILES string of the molecule is Cc1sc(C(Cl)C(C)S(C)(=O)=O)cc1Br. The normalized spacial score (nSPS) is 16.3. The van der Waals surface area contributed by atoms with E-state index in [1.807, 2.05) is 13.0 Å². The number of aryl methyl sites for hydroxylation is 1. The summed E-state index contributed by atoms with van der Waals surface area (Å²) < 4.78 is 23.7. The Morgan fingerprint density at radius 1 is 1.53 bits per heavy atom. The minimum atomic E-state index is -3.09. The van der Waals surface area contributed by atoms with Crippen molar-refractivity contribution in [1.82, 2.24) is 0 Å². The second-order valence-corrected chi connectivity index (χ2v) is 8.50. The molecular weight excluding hydrogens is 320 g/mol. The molecule has 1 rings (SSSR count). The summed E-state index contributed by atoms with van der Waals surface area (Å²) in [6.07, 6.45) is 1.21. The monoisotopic (exact) mass is 330 g/mol. The predicted octanol–water partition coefficient (Wildman–Crippen LogP) is 3.53. The Labute approximate surface area is 108 Å². The standard InChI is InChI=1S/C9H12BrClO2S2/c1-5-7(10)4-8(14-5)9(11)6(2)15(3,12)13/h4,6,9H,1-3H3. The molecule has 0 radical (unpaired) electrons. The van der Waals surface area contributed by atoms with E-state index in [0.29, 0.717) is 0 Å².